The number of carbonyl (C=O) groups excluding carboxylic acids is 2. The monoisotopic (exact) mass is 324 g/mol. The molecule has 0 aliphatic carbocycles. The molecular formula is C16H21O5P. The first kappa shape index (κ1) is 18.3. The molecule has 1 aromatic rings. The predicted molar refractivity (Wildman–Crippen MR) is 85.6 cm³/mol. The van der Waals surface area contributed by atoms with Crippen molar-refractivity contribution in [1.29, 1.82) is 0 Å². The number of Topliss-reactive ketones (excluding diaryl/α,β-unsaturated/α-hetero) is 1. The van der Waals surface area contributed by atoms with Gasteiger partial charge in [0, 0.05) is 11.0 Å². The molecule has 1 unspecified atom stereocenters. The number of benzene rings is 1. The third kappa shape index (κ3) is 3.36. The van der Waals surface area contributed by atoms with Gasteiger partial charge in [0.25, 0.3) is 0 Å². The Morgan fingerprint density at radius 1 is 0.955 bits per heavy atom. The van der Waals surface area contributed by atoms with Gasteiger partial charge in [-0.15, -0.1) is 0 Å². The number of rotatable bonds is 6. The van der Waals surface area contributed by atoms with Crippen LogP contribution in [0, 0.1) is 10.8 Å². The molecule has 1 aromatic carbocycles. The smallest absolute Gasteiger partial charge is 0.335 e. The molecule has 0 heterocycles. The average molecular weight is 324 g/mol. The molecule has 0 bridgehead atoms. The van der Waals surface area contributed by atoms with Crippen LogP contribution in [0.3, 0.4) is 0 Å². The molecule has 0 saturated heterocycles. The highest BCUT2D eigenvalue weighted by atomic mass is 31.1. The number of ketones is 1. The van der Waals surface area contributed by atoms with Crippen LogP contribution >= 0.6 is 8.81 Å². The molecule has 5 nitrogen and oxygen atoms in total. The van der Waals surface area contributed by atoms with E-state index in [2.05, 4.69) is 0 Å². The Morgan fingerprint density at radius 2 is 1.41 bits per heavy atom. The lowest BCUT2D eigenvalue weighted by atomic mass is 9.64. The topological polar surface area (TPSA) is 80.7 Å². The zero-order chi connectivity index (χ0) is 17.1. The van der Waals surface area contributed by atoms with Crippen LogP contribution in [-0.2, 0) is 9.32 Å². The predicted octanol–water partition coefficient (Wildman–Crippen LogP) is 3.39. The number of carboxylic acid groups (broad SMARTS) is 1. The molecule has 22 heavy (non-hydrogen) atoms. The van der Waals surface area contributed by atoms with E-state index in [1.165, 1.54) is 24.3 Å². The summed E-state index contributed by atoms with van der Waals surface area (Å²) in [5.74, 6) is -1.70. The summed E-state index contributed by atoms with van der Waals surface area (Å²) in [6, 6.07) is 5.70. The first-order chi connectivity index (χ1) is 10.1. The Balaban J connectivity index is 3.13. The molecule has 120 valence electrons. The van der Waals surface area contributed by atoms with E-state index >= 15 is 0 Å². The molecule has 6 heteroatoms. The number of aromatic carboxylic acids is 1. The first-order valence-electron chi connectivity index (χ1n) is 6.82. The quantitative estimate of drug-likeness (QED) is 0.641. The molecule has 1 rings (SSSR count). The van der Waals surface area contributed by atoms with Crippen molar-refractivity contribution in [3.63, 3.8) is 0 Å². The summed E-state index contributed by atoms with van der Waals surface area (Å²) in [4.78, 5) is 35.7. The summed E-state index contributed by atoms with van der Waals surface area (Å²) in [5.41, 5.74) is -1.51. The van der Waals surface area contributed by atoms with Crippen LogP contribution in [0.1, 0.15) is 48.4 Å². The van der Waals surface area contributed by atoms with Crippen molar-refractivity contribution in [2.75, 3.05) is 6.66 Å². The van der Waals surface area contributed by atoms with E-state index in [4.69, 9.17) is 9.63 Å². The summed E-state index contributed by atoms with van der Waals surface area (Å²) >= 11 is 0. The Kier molecular flexibility index (Phi) is 5.47. The van der Waals surface area contributed by atoms with Crippen LogP contribution < -0.4 is 0 Å². The van der Waals surface area contributed by atoms with Crippen LogP contribution in [0.4, 0.5) is 0 Å². The summed E-state index contributed by atoms with van der Waals surface area (Å²) in [5, 5.41) is 8.89. The average Bonchev–Trinajstić information content (AvgIpc) is 2.46. The molecule has 0 saturated carbocycles. The molecule has 0 amide bonds. The summed E-state index contributed by atoms with van der Waals surface area (Å²) in [7, 11) is 0.0200. The van der Waals surface area contributed by atoms with Gasteiger partial charge in [-0.05, 0) is 32.6 Å². The molecule has 0 aromatic heterocycles. The Hall–Kier alpha value is -1.74. The molecular weight excluding hydrogens is 303 g/mol. The molecule has 1 N–H and O–H groups in total. The molecule has 0 aliphatic heterocycles. The van der Waals surface area contributed by atoms with Crippen molar-refractivity contribution in [2.45, 2.75) is 27.7 Å². The normalized spacial score (nSPS) is 12.4. The van der Waals surface area contributed by atoms with Crippen molar-refractivity contribution in [2.24, 2.45) is 10.8 Å². The van der Waals surface area contributed by atoms with Crippen molar-refractivity contribution < 1.29 is 24.0 Å². The van der Waals surface area contributed by atoms with E-state index in [1.807, 2.05) is 0 Å². The standard InChI is InChI=1S/C16H21O5P/c1-15(2,16(3,4)14(20)21-22-5)12(17)10-6-8-11(9-7-10)13(18)19/h6-9,22H,1-5H3,(H,18,19). The molecule has 0 spiro atoms. The maximum atomic E-state index is 12.7. The number of hydrogen-bond acceptors (Lipinski definition) is 4. The maximum Gasteiger partial charge on any atom is 0.335 e. The lowest BCUT2D eigenvalue weighted by molar-refractivity contribution is -0.147. The number of carboxylic acids is 1. The minimum absolute atomic E-state index is 0.0200. The Labute approximate surface area is 131 Å². The van der Waals surface area contributed by atoms with Crippen molar-refractivity contribution in [1.82, 2.24) is 0 Å². The van der Waals surface area contributed by atoms with E-state index in [-0.39, 0.29) is 20.2 Å². The van der Waals surface area contributed by atoms with Crippen LogP contribution in [0.25, 0.3) is 0 Å². The fourth-order valence-electron chi connectivity index (χ4n) is 1.88. The van der Waals surface area contributed by atoms with Gasteiger partial charge >= 0.3 is 11.9 Å². The first-order valence-corrected chi connectivity index (χ1v) is 8.22. The summed E-state index contributed by atoms with van der Waals surface area (Å²) in [6.07, 6.45) is 0. The van der Waals surface area contributed by atoms with Crippen molar-refractivity contribution in [3.8, 4) is 0 Å². The fraction of sp³-hybridized carbons (Fsp3) is 0.438. The van der Waals surface area contributed by atoms with Gasteiger partial charge < -0.3 is 9.63 Å². The van der Waals surface area contributed by atoms with Gasteiger partial charge in [0.05, 0.1) is 19.8 Å². The molecule has 1 atom stereocenters. The van der Waals surface area contributed by atoms with Crippen LogP contribution in [0.15, 0.2) is 24.3 Å². The second kappa shape index (κ2) is 6.57. The highest BCUT2D eigenvalue weighted by Crippen LogP contribution is 2.43. The minimum Gasteiger partial charge on any atom is -0.478 e. The van der Waals surface area contributed by atoms with Gasteiger partial charge in [-0.25, -0.2) is 4.79 Å². The summed E-state index contributed by atoms with van der Waals surface area (Å²) in [6.45, 7) is 8.49. The SMILES string of the molecule is CPOC(=O)C(C)(C)C(C)(C)C(=O)c1ccc(C(=O)O)cc1. The largest absolute Gasteiger partial charge is 0.478 e. The van der Waals surface area contributed by atoms with Gasteiger partial charge in [0.1, 0.15) is 0 Å². The molecule has 0 fully saturated rings. The van der Waals surface area contributed by atoms with Crippen molar-refractivity contribution >= 4 is 26.5 Å². The molecule has 0 aliphatic rings. The van der Waals surface area contributed by atoms with Crippen molar-refractivity contribution in [3.05, 3.63) is 35.4 Å². The second-order valence-electron chi connectivity index (χ2n) is 6.06. The van der Waals surface area contributed by atoms with Gasteiger partial charge in [-0.3, -0.25) is 9.59 Å². The van der Waals surface area contributed by atoms with Gasteiger partial charge in [-0.2, -0.15) is 0 Å². The fourth-order valence-corrected chi connectivity index (χ4v) is 2.32. The highest BCUT2D eigenvalue weighted by molar-refractivity contribution is 7.31. The van der Waals surface area contributed by atoms with E-state index in [0.29, 0.717) is 5.56 Å². The third-order valence-electron chi connectivity index (χ3n) is 4.23. The Morgan fingerprint density at radius 3 is 1.82 bits per heavy atom. The Bertz CT molecular complexity index is 587. The van der Waals surface area contributed by atoms with E-state index in [9.17, 15) is 14.4 Å². The lowest BCUT2D eigenvalue weighted by Crippen LogP contribution is -2.45. The maximum absolute atomic E-state index is 12.7. The van der Waals surface area contributed by atoms with Crippen LogP contribution in [-0.4, -0.2) is 29.5 Å². The molecule has 0 radical (unpaired) electrons. The van der Waals surface area contributed by atoms with Gasteiger partial charge in [0.2, 0.25) is 0 Å². The summed E-state index contributed by atoms with van der Waals surface area (Å²) < 4.78 is 5.09. The van der Waals surface area contributed by atoms with Gasteiger partial charge in [0.15, 0.2) is 5.78 Å². The second-order valence-corrected chi connectivity index (χ2v) is 6.67. The van der Waals surface area contributed by atoms with E-state index in [1.54, 1.807) is 34.4 Å². The minimum atomic E-state index is -1.05. The van der Waals surface area contributed by atoms with E-state index in [0.717, 1.165) is 0 Å². The number of carbonyl (C=O) groups is 3. The van der Waals surface area contributed by atoms with Crippen LogP contribution in [0.2, 0.25) is 0 Å². The third-order valence-corrected chi connectivity index (χ3v) is 4.62. The lowest BCUT2D eigenvalue weighted by Gasteiger charge is -2.37. The zero-order valence-electron chi connectivity index (χ0n) is 13.4. The zero-order valence-corrected chi connectivity index (χ0v) is 14.4. The van der Waals surface area contributed by atoms with Gasteiger partial charge in [-0.1, -0.05) is 26.0 Å². The van der Waals surface area contributed by atoms with Crippen LogP contribution in [0.5, 0.6) is 0 Å². The van der Waals surface area contributed by atoms with E-state index < -0.39 is 22.8 Å². The number of hydrogen-bond donors (Lipinski definition) is 1. The highest BCUT2D eigenvalue weighted by Gasteiger charge is 2.49.